The second-order valence-corrected chi connectivity index (χ2v) is 5.35. The fourth-order valence-electron chi connectivity index (χ4n) is 2.57. The number of nitro groups is 1. The Labute approximate surface area is 123 Å². The van der Waals surface area contributed by atoms with Crippen LogP contribution in [0.4, 0.5) is 17.1 Å². The van der Waals surface area contributed by atoms with Gasteiger partial charge in [-0.1, -0.05) is 0 Å². The number of hydrogen-bond acceptors (Lipinski definition) is 6. The van der Waals surface area contributed by atoms with Crippen molar-refractivity contribution in [3.8, 4) is 0 Å². The fraction of sp³-hybridized carbons (Fsp3) is 0.500. The van der Waals surface area contributed by atoms with Gasteiger partial charge in [-0.2, -0.15) is 0 Å². The molecule has 1 fully saturated rings. The second-order valence-electron chi connectivity index (χ2n) is 5.35. The van der Waals surface area contributed by atoms with Crippen molar-refractivity contribution in [2.75, 3.05) is 36.8 Å². The summed E-state index contributed by atoms with van der Waals surface area (Å²) < 4.78 is 0. The van der Waals surface area contributed by atoms with E-state index in [9.17, 15) is 14.9 Å². The highest BCUT2D eigenvalue weighted by Gasteiger charge is 2.23. The average Bonchev–Trinajstić information content (AvgIpc) is 2.49. The van der Waals surface area contributed by atoms with Crippen molar-refractivity contribution < 1.29 is 9.72 Å². The van der Waals surface area contributed by atoms with Crippen molar-refractivity contribution >= 4 is 23.3 Å². The third kappa shape index (κ3) is 3.13. The van der Waals surface area contributed by atoms with E-state index in [1.54, 1.807) is 6.92 Å². The number of piperazine rings is 1. The SMILES string of the molecule is Cc1cc(N2CCN(C(C)C=O)CC2)cc([N+](=O)[O-])c1N. The lowest BCUT2D eigenvalue weighted by Gasteiger charge is -2.37. The largest absolute Gasteiger partial charge is 0.393 e. The normalized spacial score (nSPS) is 17.5. The van der Waals surface area contributed by atoms with Gasteiger partial charge >= 0.3 is 0 Å². The number of nitrogen functional groups attached to an aromatic ring is 1. The van der Waals surface area contributed by atoms with Crippen molar-refractivity contribution in [2.45, 2.75) is 19.9 Å². The minimum atomic E-state index is -0.448. The number of nitrogens with zero attached hydrogens (tertiary/aromatic N) is 3. The van der Waals surface area contributed by atoms with E-state index < -0.39 is 4.92 Å². The Balaban J connectivity index is 2.17. The zero-order chi connectivity index (χ0) is 15.6. The van der Waals surface area contributed by atoms with Crippen molar-refractivity contribution in [1.82, 2.24) is 4.90 Å². The zero-order valence-electron chi connectivity index (χ0n) is 12.3. The highest BCUT2D eigenvalue weighted by atomic mass is 16.6. The molecule has 7 nitrogen and oxygen atoms in total. The van der Waals surface area contributed by atoms with Gasteiger partial charge in [-0.15, -0.1) is 0 Å². The summed E-state index contributed by atoms with van der Waals surface area (Å²) in [6.45, 7) is 6.64. The molecule has 0 saturated carbocycles. The Bertz CT molecular complexity index is 553. The lowest BCUT2D eigenvalue weighted by atomic mass is 10.1. The topological polar surface area (TPSA) is 92.7 Å². The molecule has 1 unspecified atom stereocenters. The van der Waals surface area contributed by atoms with E-state index in [0.29, 0.717) is 5.56 Å². The number of nitro benzene ring substituents is 1. The van der Waals surface area contributed by atoms with Crippen molar-refractivity contribution in [1.29, 1.82) is 0 Å². The van der Waals surface area contributed by atoms with E-state index in [0.717, 1.165) is 38.2 Å². The van der Waals surface area contributed by atoms with Crippen molar-refractivity contribution in [2.24, 2.45) is 0 Å². The number of anilines is 2. The molecule has 1 aliphatic rings. The molecule has 0 spiro atoms. The molecule has 2 rings (SSSR count). The molecule has 1 atom stereocenters. The van der Waals surface area contributed by atoms with Crippen molar-refractivity contribution in [3.05, 3.63) is 27.8 Å². The maximum atomic E-state index is 11.0. The number of carbonyl (C=O) groups excluding carboxylic acids is 1. The number of aryl methyl sites for hydroxylation is 1. The first-order valence-electron chi connectivity index (χ1n) is 6.93. The maximum absolute atomic E-state index is 11.0. The van der Waals surface area contributed by atoms with Gasteiger partial charge in [0.25, 0.3) is 5.69 Å². The molecule has 0 amide bonds. The van der Waals surface area contributed by atoms with Gasteiger partial charge in [0.05, 0.1) is 11.0 Å². The van der Waals surface area contributed by atoms with Gasteiger partial charge in [0.2, 0.25) is 0 Å². The number of carbonyl (C=O) groups is 1. The average molecular weight is 292 g/mol. The Morgan fingerprint density at radius 2 is 1.95 bits per heavy atom. The lowest BCUT2D eigenvalue weighted by Crippen LogP contribution is -2.50. The summed E-state index contributed by atoms with van der Waals surface area (Å²) in [6.07, 6.45) is 0.938. The van der Waals surface area contributed by atoms with Crippen LogP contribution in [0.5, 0.6) is 0 Å². The molecule has 1 saturated heterocycles. The summed E-state index contributed by atoms with van der Waals surface area (Å²) in [5, 5.41) is 11.0. The van der Waals surface area contributed by atoms with Crippen LogP contribution < -0.4 is 10.6 Å². The summed E-state index contributed by atoms with van der Waals surface area (Å²) >= 11 is 0. The van der Waals surface area contributed by atoms with E-state index in [4.69, 9.17) is 5.73 Å². The maximum Gasteiger partial charge on any atom is 0.294 e. The first-order valence-corrected chi connectivity index (χ1v) is 6.93. The molecule has 0 aliphatic carbocycles. The van der Waals surface area contributed by atoms with Gasteiger partial charge in [-0.05, 0) is 25.5 Å². The minimum absolute atomic E-state index is 0.0475. The Kier molecular flexibility index (Phi) is 4.42. The van der Waals surface area contributed by atoms with Crippen molar-refractivity contribution in [3.63, 3.8) is 0 Å². The summed E-state index contributed by atoms with van der Waals surface area (Å²) in [4.78, 5) is 25.6. The molecular formula is C14H20N4O3. The molecule has 0 aromatic heterocycles. The molecule has 114 valence electrons. The highest BCUT2D eigenvalue weighted by molar-refractivity contribution is 5.70. The Morgan fingerprint density at radius 1 is 1.33 bits per heavy atom. The first-order chi connectivity index (χ1) is 9.93. The number of benzene rings is 1. The molecule has 1 heterocycles. The van der Waals surface area contributed by atoms with Crippen LogP contribution >= 0.6 is 0 Å². The number of nitrogens with two attached hydrogens (primary N) is 1. The number of rotatable bonds is 4. The van der Waals surface area contributed by atoms with Crippen LogP contribution in [0, 0.1) is 17.0 Å². The molecule has 0 radical (unpaired) electrons. The van der Waals surface area contributed by atoms with Crippen LogP contribution in [0.3, 0.4) is 0 Å². The molecule has 1 aromatic carbocycles. The van der Waals surface area contributed by atoms with Crippen LogP contribution in [-0.2, 0) is 4.79 Å². The van der Waals surface area contributed by atoms with Gasteiger partial charge in [0, 0.05) is 37.9 Å². The van der Waals surface area contributed by atoms with E-state index in [1.807, 2.05) is 13.0 Å². The number of aldehydes is 1. The first kappa shape index (κ1) is 15.2. The number of hydrogen-bond donors (Lipinski definition) is 1. The Morgan fingerprint density at radius 3 is 2.48 bits per heavy atom. The van der Waals surface area contributed by atoms with E-state index >= 15 is 0 Å². The van der Waals surface area contributed by atoms with Gasteiger partial charge in [0.1, 0.15) is 12.0 Å². The van der Waals surface area contributed by atoms with Gasteiger partial charge < -0.3 is 15.4 Å². The molecule has 2 N–H and O–H groups in total. The summed E-state index contributed by atoms with van der Waals surface area (Å²) in [5.41, 5.74) is 7.45. The standard InChI is InChI=1S/C14H20N4O3/c1-10-7-12(8-13(14(10)15)18(20)21)17-5-3-16(4-6-17)11(2)9-19/h7-9,11H,3-6,15H2,1-2H3. The van der Waals surface area contributed by atoms with Crippen LogP contribution in [-0.4, -0.2) is 48.3 Å². The fourth-order valence-corrected chi connectivity index (χ4v) is 2.57. The van der Waals surface area contributed by atoms with Gasteiger partial charge in [0.15, 0.2) is 0 Å². The molecule has 21 heavy (non-hydrogen) atoms. The summed E-state index contributed by atoms with van der Waals surface area (Å²) in [5.74, 6) is 0. The predicted octanol–water partition coefficient (Wildman–Crippen LogP) is 1.19. The quantitative estimate of drug-likeness (QED) is 0.388. The van der Waals surface area contributed by atoms with E-state index in [-0.39, 0.29) is 17.4 Å². The summed E-state index contributed by atoms with van der Waals surface area (Å²) in [7, 11) is 0. The lowest BCUT2D eigenvalue weighted by molar-refractivity contribution is -0.383. The zero-order valence-corrected chi connectivity index (χ0v) is 12.3. The van der Waals surface area contributed by atoms with Crippen LogP contribution in [0.15, 0.2) is 12.1 Å². The van der Waals surface area contributed by atoms with Gasteiger partial charge in [-0.3, -0.25) is 15.0 Å². The molecule has 7 heteroatoms. The molecule has 0 bridgehead atoms. The van der Waals surface area contributed by atoms with E-state index in [2.05, 4.69) is 9.80 Å². The van der Waals surface area contributed by atoms with Crippen LogP contribution in [0.25, 0.3) is 0 Å². The monoisotopic (exact) mass is 292 g/mol. The molecular weight excluding hydrogens is 272 g/mol. The third-order valence-corrected chi connectivity index (χ3v) is 4.00. The Hall–Kier alpha value is -2.15. The summed E-state index contributed by atoms with van der Waals surface area (Å²) in [6, 6.07) is 3.32. The smallest absolute Gasteiger partial charge is 0.294 e. The predicted molar refractivity (Wildman–Crippen MR) is 81.6 cm³/mol. The second kappa shape index (κ2) is 6.09. The van der Waals surface area contributed by atoms with Crippen LogP contribution in [0.1, 0.15) is 12.5 Å². The highest BCUT2D eigenvalue weighted by Crippen LogP contribution is 2.31. The molecule has 1 aromatic rings. The molecule has 1 aliphatic heterocycles. The van der Waals surface area contributed by atoms with E-state index in [1.165, 1.54) is 6.07 Å². The van der Waals surface area contributed by atoms with Crippen LogP contribution in [0.2, 0.25) is 0 Å². The third-order valence-electron chi connectivity index (χ3n) is 4.00. The minimum Gasteiger partial charge on any atom is -0.393 e. The van der Waals surface area contributed by atoms with Gasteiger partial charge in [-0.25, -0.2) is 0 Å².